The summed E-state index contributed by atoms with van der Waals surface area (Å²) in [7, 11) is 0. The third-order valence-electron chi connectivity index (χ3n) is 3.98. The molecule has 2 unspecified atom stereocenters. The maximum absolute atomic E-state index is 4.54. The lowest BCUT2D eigenvalue weighted by Crippen LogP contribution is -2.58. The molecule has 0 bridgehead atoms. The largest absolute Gasteiger partial charge is 0.353 e. The highest BCUT2D eigenvalue weighted by atomic mass is 15.3. The van der Waals surface area contributed by atoms with Crippen molar-refractivity contribution in [1.29, 1.82) is 0 Å². The number of aryl methyl sites for hydroxylation is 1. The van der Waals surface area contributed by atoms with Gasteiger partial charge in [0.05, 0.1) is 0 Å². The Morgan fingerprint density at radius 2 is 1.80 bits per heavy atom. The summed E-state index contributed by atoms with van der Waals surface area (Å²) in [6, 6.07) is 5.39. The maximum atomic E-state index is 4.54. The second kappa shape index (κ2) is 5.72. The van der Waals surface area contributed by atoms with Crippen LogP contribution in [0.3, 0.4) is 0 Å². The summed E-state index contributed by atoms with van der Waals surface area (Å²) < 4.78 is 0. The molecular formula is C17H29N3. The van der Waals surface area contributed by atoms with Crippen molar-refractivity contribution in [1.82, 2.24) is 9.88 Å². The van der Waals surface area contributed by atoms with Crippen LogP contribution in [-0.2, 0) is 0 Å². The molecule has 1 aliphatic heterocycles. The summed E-state index contributed by atoms with van der Waals surface area (Å²) in [5.74, 6) is 1.12. The quantitative estimate of drug-likeness (QED) is 0.825. The van der Waals surface area contributed by atoms with Crippen LogP contribution < -0.4 is 4.90 Å². The Kier molecular flexibility index (Phi) is 4.38. The normalized spacial score (nSPS) is 25.0. The first-order chi connectivity index (χ1) is 9.26. The molecular weight excluding hydrogens is 246 g/mol. The van der Waals surface area contributed by atoms with Crippen molar-refractivity contribution in [2.45, 2.75) is 53.6 Å². The molecule has 0 saturated carbocycles. The molecule has 0 aromatic carbocycles. The lowest BCUT2D eigenvalue weighted by atomic mass is 9.93. The number of pyridine rings is 1. The van der Waals surface area contributed by atoms with Crippen LogP contribution in [0.4, 0.5) is 5.82 Å². The van der Waals surface area contributed by atoms with Crippen molar-refractivity contribution in [3.63, 3.8) is 0 Å². The third-order valence-corrected chi connectivity index (χ3v) is 3.98. The van der Waals surface area contributed by atoms with Crippen molar-refractivity contribution in [2.24, 2.45) is 5.41 Å². The third kappa shape index (κ3) is 3.72. The lowest BCUT2D eigenvalue weighted by molar-refractivity contribution is 0.0881. The zero-order chi connectivity index (χ0) is 14.9. The standard InChI is InChI=1S/C17H29N3/c1-13-7-8-18-16(9-13)19-10-14(2)20(15(3)11-19)12-17(4,5)6/h7-9,14-15H,10-12H2,1-6H3. The molecule has 2 atom stereocenters. The van der Waals surface area contributed by atoms with Crippen molar-refractivity contribution in [3.05, 3.63) is 23.9 Å². The maximum Gasteiger partial charge on any atom is 0.128 e. The van der Waals surface area contributed by atoms with Crippen LogP contribution in [-0.4, -0.2) is 41.6 Å². The van der Waals surface area contributed by atoms with Gasteiger partial charge in [0.25, 0.3) is 0 Å². The predicted molar refractivity (Wildman–Crippen MR) is 86.3 cm³/mol. The highest BCUT2D eigenvalue weighted by Crippen LogP contribution is 2.25. The SMILES string of the molecule is Cc1ccnc(N2CC(C)N(CC(C)(C)C)C(C)C2)c1. The van der Waals surface area contributed by atoms with Gasteiger partial charge in [-0.1, -0.05) is 20.8 Å². The average molecular weight is 275 g/mol. The van der Waals surface area contributed by atoms with E-state index in [4.69, 9.17) is 0 Å². The van der Waals surface area contributed by atoms with Gasteiger partial charge in [0.15, 0.2) is 0 Å². The van der Waals surface area contributed by atoms with Crippen molar-refractivity contribution < 1.29 is 0 Å². The van der Waals surface area contributed by atoms with Gasteiger partial charge in [0.2, 0.25) is 0 Å². The van der Waals surface area contributed by atoms with E-state index in [9.17, 15) is 0 Å². The van der Waals surface area contributed by atoms with Gasteiger partial charge in [-0.25, -0.2) is 4.98 Å². The summed E-state index contributed by atoms with van der Waals surface area (Å²) in [5.41, 5.74) is 1.64. The van der Waals surface area contributed by atoms with E-state index in [-0.39, 0.29) is 0 Å². The molecule has 2 rings (SSSR count). The zero-order valence-electron chi connectivity index (χ0n) is 13.8. The van der Waals surface area contributed by atoms with E-state index in [1.54, 1.807) is 0 Å². The van der Waals surface area contributed by atoms with E-state index in [0.717, 1.165) is 25.5 Å². The van der Waals surface area contributed by atoms with Crippen molar-refractivity contribution >= 4 is 5.82 Å². The molecule has 1 aromatic rings. The van der Waals surface area contributed by atoms with E-state index < -0.39 is 0 Å². The Morgan fingerprint density at radius 1 is 1.20 bits per heavy atom. The molecule has 20 heavy (non-hydrogen) atoms. The van der Waals surface area contributed by atoms with Crippen molar-refractivity contribution in [2.75, 3.05) is 24.5 Å². The number of aromatic nitrogens is 1. The molecule has 1 aromatic heterocycles. The van der Waals surface area contributed by atoms with Gasteiger partial charge in [0.1, 0.15) is 5.82 Å². The van der Waals surface area contributed by atoms with E-state index in [1.807, 2.05) is 6.20 Å². The van der Waals surface area contributed by atoms with Crippen LogP contribution in [0.2, 0.25) is 0 Å². The molecule has 0 N–H and O–H groups in total. The number of hydrogen-bond donors (Lipinski definition) is 0. The van der Waals surface area contributed by atoms with Crippen LogP contribution >= 0.6 is 0 Å². The average Bonchev–Trinajstić information content (AvgIpc) is 2.32. The zero-order valence-corrected chi connectivity index (χ0v) is 13.8. The molecule has 112 valence electrons. The number of anilines is 1. The second-order valence-electron chi connectivity index (χ2n) is 7.53. The summed E-state index contributed by atoms with van der Waals surface area (Å²) >= 11 is 0. The lowest BCUT2D eigenvalue weighted by Gasteiger charge is -2.47. The first-order valence-corrected chi connectivity index (χ1v) is 7.69. The summed E-state index contributed by atoms with van der Waals surface area (Å²) in [6.07, 6.45) is 1.92. The smallest absolute Gasteiger partial charge is 0.128 e. The topological polar surface area (TPSA) is 19.4 Å². The fourth-order valence-corrected chi connectivity index (χ4v) is 3.10. The first-order valence-electron chi connectivity index (χ1n) is 7.69. The van der Waals surface area contributed by atoms with Crippen LogP contribution in [0.25, 0.3) is 0 Å². The number of rotatable bonds is 2. The van der Waals surface area contributed by atoms with Gasteiger partial charge in [-0.15, -0.1) is 0 Å². The molecule has 3 nitrogen and oxygen atoms in total. The van der Waals surface area contributed by atoms with Gasteiger partial charge in [-0.3, -0.25) is 4.90 Å². The molecule has 1 saturated heterocycles. The number of nitrogens with zero attached hydrogens (tertiary/aromatic N) is 3. The highest BCUT2D eigenvalue weighted by molar-refractivity contribution is 5.41. The van der Waals surface area contributed by atoms with Gasteiger partial charge >= 0.3 is 0 Å². The molecule has 1 aliphatic rings. The Morgan fingerprint density at radius 3 is 2.30 bits per heavy atom. The number of piperazine rings is 1. The molecule has 1 fully saturated rings. The minimum atomic E-state index is 0.353. The Bertz CT molecular complexity index is 438. The van der Waals surface area contributed by atoms with Gasteiger partial charge in [-0.05, 0) is 43.9 Å². The first kappa shape index (κ1) is 15.3. The highest BCUT2D eigenvalue weighted by Gasteiger charge is 2.32. The van der Waals surface area contributed by atoms with E-state index in [1.165, 1.54) is 5.56 Å². The van der Waals surface area contributed by atoms with E-state index in [2.05, 4.69) is 68.5 Å². The molecule has 0 spiro atoms. The fraction of sp³-hybridized carbons (Fsp3) is 0.706. The van der Waals surface area contributed by atoms with Crippen LogP contribution in [0.1, 0.15) is 40.2 Å². The number of hydrogen-bond acceptors (Lipinski definition) is 3. The molecule has 3 heteroatoms. The Balaban J connectivity index is 2.09. The van der Waals surface area contributed by atoms with Gasteiger partial charge in [-0.2, -0.15) is 0 Å². The fourth-order valence-electron chi connectivity index (χ4n) is 3.10. The van der Waals surface area contributed by atoms with E-state index >= 15 is 0 Å². The molecule has 2 heterocycles. The second-order valence-corrected chi connectivity index (χ2v) is 7.53. The molecule has 0 amide bonds. The minimum absolute atomic E-state index is 0.353. The summed E-state index contributed by atoms with van der Waals surface area (Å²) in [6.45, 7) is 17.1. The molecule has 0 aliphatic carbocycles. The summed E-state index contributed by atoms with van der Waals surface area (Å²) in [5, 5.41) is 0. The predicted octanol–water partition coefficient (Wildman–Crippen LogP) is 3.34. The van der Waals surface area contributed by atoms with Gasteiger partial charge in [0, 0.05) is 37.9 Å². The van der Waals surface area contributed by atoms with Crippen LogP contribution in [0.5, 0.6) is 0 Å². The van der Waals surface area contributed by atoms with Crippen LogP contribution in [0, 0.1) is 12.3 Å². The Hall–Kier alpha value is -1.09. The molecule has 0 radical (unpaired) electrons. The van der Waals surface area contributed by atoms with Gasteiger partial charge < -0.3 is 4.90 Å². The van der Waals surface area contributed by atoms with E-state index in [0.29, 0.717) is 17.5 Å². The Labute approximate surface area is 124 Å². The monoisotopic (exact) mass is 275 g/mol. The minimum Gasteiger partial charge on any atom is -0.353 e. The van der Waals surface area contributed by atoms with Crippen molar-refractivity contribution in [3.8, 4) is 0 Å². The summed E-state index contributed by atoms with van der Waals surface area (Å²) in [4.78, 5) is 9.62. The van der Waals surface area contributed by atoms with Crippen LogP contribution in [0.15, 0.2) is 18.3 Å².